The second kappa shape index (κ2) is 10.7. The summed E-state index contributed by atoms with van der Waals surface area (Å²) in [5.74, 6) is 1.66. The molecule has 174 valence electrons. The van der Waals surface area contributed by atoms with Gasteiger partial charge in [0.05, 0.1) is 5.69 Å². The van der Waals surface area contributed by atoms with Gasteiger partial charge < -0.3 is 10.2 Å². The lowest BCUT2D eigenvalue weighted by Gasteiger charge is -2.25. The maximum absolute atomic E-state index is 13.0. The Balaban J connectivity index is 1.38. The minimum atomic E-state index is -3.70. The summed E-state index contributed by atoms with van der Waals surface area (Å²) < 4.78 is 28.8. The van der Waals surface area contributed by atoms with Crippen LogP contribution in [0.3, 0.4) is 0 Å². The summed E-state index contributed by atoms with van der Waals surface area (Å²) in [6.07, 6.45) is 11.7. The summed E-state index contributed by atoms with van der Waals surface area (Å²) in [4.78, 5) is 6.78. The van der Waals surface area contributed by atoms with E-state index in [1.54, 1.807) is 12.1 Å². The third-order valence-corrected chi connectivity index (χ3v) is 8.13. The standard InChI is InChI=1S/C25H36N4O2S/c1-20(17-21-9-3-2-4-10-21)26-18-22-11-5-6-12-24(22)28-32(30,31)23-13-14-25(27-19-23)29-15-7-8-16-29/h5-6,11-14,19-21,26,28H,2-4,7-10,15-18H2,1H3/t20-/m0/s1. The first kappa shape index (κ1) is 23.1. The number of hydrogen-bond donors (Lipinski definition) is 2. The molecule has 7 heteroatoms. The SMILES string of the molecule is C[C@@H](CC1CCCCC1)NCc1ccccc1NS(=O)(=O)c1ccc(N2CCCC2)nc1. The summed E-state index contributed by atoms with van der Waals surface area (Å²) in [7, 11) is -3.70. The van der Waals surface area contributed by atoms with Crippen molar-refractivity contribution in [2.45, 2.75) is 75.8 Å². The fourth-order valence-electron chi connectivity index (χ4n) is 4.93. The highest BCUT2D eigenvalue weighted by Crippen LogP contribution is 2.28. The van der Waals surface area contributed by atoms with E-state index in [1.807, 2.05) is 24.3 Å². The predicted molar refractivity (Wildman–Crippen MR) is 130 cm³/mol. The molecule has 1 atom stereocenters. The van der Waals surface area contributed by atoms with E-state index in [0.717, 1.165) is 43.2 Å². The Morgan fingerprint density at radius 2 is 1.78 bits per heavy atom. The molecule has 0 bridgehead atoms. The van der Waals surface area contributed by atoms with Crippen LogP contribution in [0.25, 0.3) is 0 Å². The highest BCUT2D eigenvalue weighted by atomic mass is 32.2. The molecule has 2 aliphatic rings. The maximum Gasteiger partial charge on any atom is 0.263 e. The smallest absolute Gasteiger partial charge is 0.263 e. The Kier molecular flexibility index (Phi) is 7.68. The molecular weight excluding hydrogens is 420 g/mol. The van der Waals surface area contributed by atoms with Gasteiger partial charge >= 0.3 is 0 Å². The van der Waals surface area contributed by atoms with Crippen LogP contribution in [0.2, 0.25) is 0 Å². The average molecular weight is 457 g/mol. The van der Waals surface area contributed by atoms with Crippen LogP contribution in [0.1, 0.15) is 63.9 Å². The topological polar surface area (TPSA) is 74.3 Å². The van der Waals surface area contributed by atoms with Gasteiger partial charge in [-0.1, -0.05) is 50.3 Å². The van der Waals surface area contributed by atoms with Crippen LogP contribution in [0.4, 0.5) is 11.5 Å². The first-order valence-corrected chi connectivity index (χ1v) is 13.5. The van der Waals surface area contributed by atoms with Gasteiger partial charge in [0, 0.05) is 31.9 Å². The lowest BCUT2D eigenvalue weighted by Crippen LogP contribution is -2.29. The number of rotatable bonds is 9. The van der Waals surface area contributed by atoms with Crippen molar-refractivity contribution in [2.75, 3.05) is 22.7 Å². The molecule has 2 heterocycles. The molecule has 0 spiro atoms. The maximum atomic E-state index is 13.0. The van der Waals surface area contributed by atoms with Gasteiger partial charge in [0.15, 0.2) is 0 Å². The van der Waals surface area contributed by atoms with Crippen LogP contribution >= 0.6 is 0 Å². The fourth-order valence-corrected chi connectivity index (χ4v) is 5.98. The number of para-hydroxylation sites is 1. The fraction of sp³-hybridized carbons (Fsp3) is 0.560. The first-order chi connectivity index (χ1) is 15.5. The van der Waals surface area contributed by atoms with E-state index in [2.05, 4.69) is 26.8 Å². The van der Waals surface area contributed by atoms with Crippen molar-refractivity contribution < 1.29 is 8.42 Å². The predicted octanol–water partition coefficient (Wildman–Crippen LogP) is 4.93. The van der Waals surface area contributed by atoms with Crippen molar-refractivity contribution in [1.29, 1.82) is 0 Å². The van der Waals surface area contributed by atoms with Crippen LogP contribution in [-0.2, 0) is 16.6 Å². The Morgan fingerprint density at radius 3 is 2.50 bits per heavy atom. The van der Waals surface area contributed by atoms with Crippen molar-refractivity contribution in [2.24, 2.45) is 5.92 Å². The van der Waals surface area contributed by atoms with Crippen molar-refractivity contribution in [1.82, 2.24) is 10.3 Å². The van der Waals surface area contributed by atoms with E-state index in [4.69, 9.17) is 0 Å². The van der Waals surface area contributed by atoms with E-state index in [9.17, 15) is 8.42 Å². The highest BCUT2D eigenvalue weighted by molar-refractivity contribution is 7.92. The molecular formula is C25H36N4O2S. The minimum Gasteiger partial charge on any atom is -0.357 e. The normalized spacial score (nSPS) is 18.6. The second-order valence-corrected chi connectivity index (χ2v) is 11.0. The van der Waals surface area contributed by atoms with Crippen LogP contribution in [0.15, 0.2) is 47.5 Å². The number of nitrogens with zero attached hydrogens (tertiary/aromatic N) is 2. The van der Waals surface area contributed by atoms with Crippen LogP contribution in [0, 0.1) is 5.92 Å². The Hall–Kier alpha value is -2.12. The molecule has 2 fully saturated rings. The molecule has 1 aromatic heterocycles. The molecule has 1 aliphatic heterocycles. The zero-order valence-corrected chi connectivity index (χ0v) is 19.9. The molecule has 0 unspecified atom stereocenters. The van der Waals surface area contributed by atoms with Crippen LogP contribution in [0.5, 0.6) is 0 Å². The first-order valence-electron chi connectivity index (χ1n) is 12.1. The molecule has 1 aromatic carbocycles. The van der Waals surface area contributed by atoms with Crippen LogP contribution < -0.4 is 14.9 Å². The number of sulfonamides is 1. The zero-order valence-electron chi connectivity index (χ0n) is 19.1. The van der Waals surface area contributed by atoms with E-state index < -0.39 is 10.0 Å². The third-order valence-electron chi connectivity index (χ3n) is 6.78. The Labute approximate surface area is 192 Å². The highest BCUT2D eigenvalue weighted by Gasteiger charge is 2.20. The van der Waals surface area contributed by atoms with Gasteiger partial charge in [-0.25, -0.2) is 13.4 Å². The summed E-state index contributed by atoms with van der Waals surface area (Å²) in [5, 5.41) is 3.60. The van der Waals surface area contributed by atoms with Gasteiger partial charge in [0.25, 0.3) is 10.0 Å². The van der Waals surface area contributed by atoms with Gasteiger partial charge in [-0.2, -0.15) is 0 Å². The molecule has 4 rings (SSSR count). The third kappa shape index (κ3) is 6.01. The number of anilines is 2. The summed E-state index contributed by atoms with van der Waals surface area (Å²) in [6.45, 7) is 4.83. The van der Waals surface area contributed by atoms with Gasteiger partial charge in [-0.05, 0) is 55.9 Å². The van der Waals surface area contributed by atoms with Crippen molar-refractivity contribution >= 4 is 21.5 Å². The molecule has 6 nitrogen and oxygen atoms in total. The Bertz CT molecular complexity index is 966. The summed E-state index contributed by atoms with van der Waals surface area (Å²) in [5.41, 5.74) is 1.57. The van der Waals surface area contributed by atoms with Crippen LogP contribution in [-0.4, -0.2) is 32.5 Å². The van der Waals surface area contributed by atoms with Gasteiger partial charge in [0.1, 0.15) is 10.7 Å². The van der Waals surface area contributed by atoms with Crippen molar-refractivity contribution in [3.05, 3.63) is 48.2 Å². The quantitative estimate of drug-likeness (QED) is 0.560. The number of aromatic nitrogens is 1. The lowest BCUT2D eigenvalue weighted by molar-refractivity contribution is 0.305. The second-order valence-electron chi connectivity index (χ2n) is 9.33. The largest absolute Gasteiger partial charge is 0.357 e. The minimum absolute atomic E-state index is 0.189. The van der Waals surface area contributed by atoms with E-state index in [-0.39, 0.29) is 4.90 Å². The molecule has 32 heavy (non-hydrogen) atoms. The molecule has 1 aliphatic carbocycles. The average Bonchev–Trinajstić information content (AvgIpc) is 3.34. The molecule has 1 saturated carbocycles. The monoisotopic (exact) mass is 456 g/mol. The number of pyridine rings is 1. The van der Waals surface area contributed by atoms with E-state index >= 15 is 0 Å². The Morgan fingerprint density at radius 1 is 1.03 bits per heavy atom. The van der Waals surface area contributed by atoms with Crippen molar-refractivity contribution in [3.8, 4) is 0 Å². The summed E-state index contributed by atoms with van der Waals surface area (Å²) >= 11 is 0. The zero-order chi connectivity index (χ0) is 22.4. The van der Waals surface area contributed by atoms with E-state index in [1.165, 1.54) is 44.7 Å². The number of benzene rings is 1. The molecule has 2 aromatic rings. The molecule has 0 amide bonds. The molecule has 1 saturated heterocycles. The van der Waals surface area contributed by atoms with Gasteiger partial charge in [-0.15, -0.1) is 0 Å². The number of nitrogens with one attached hydrogen (secondary N) is 2. The van der Waals surface area contributed by atoms with Crippen molar-refractivity contribution in [3.63, 3.8) is 0 Å². The van der Waals surface area contributed by atoms with E-state index in [0.29, 0.717) is 18.3 Å². The molecule has 0 radical (unpaired) electrons. The van der Waals surface area contributed by atoms with Gasteiger partial charge in [-0.3, -0.25) is 4.72 Å². The lowest BCUT2D eigenvalue weighted by atomic mass is 9.85. The van der Waals surface area contributed by atoms with Gasteiger partial charge in [0.2, 0.25) is 0 Å². The summed E-state index contributed by atoms with van der Waals surface area (Å²) in [6, 6.07) is 11.5. The molecule has 2 N–H and O–H groups in total. The number of hydrogen-bond acceptors (Lipinski definition) is 5.